The van der Waals surface area contributed by atoms with Crippen LogP contribution < -0.4 is 4.90 Å². The van der Waals surface area contributed by atoms with Crippen LogP contribution >= 0.6 is 0 Å². The first kappa shape index (κ1) is 11.9. The van der Waals surface area contributed by atoms with E-state index >= 15 is 0 Å². The van der Waals surface area contributed by atoms with Crippen molar-refractivity contribution in [1.82, 2.24) is 0 Å². The van der Waals surface area contributed by atoms with Crippen LogP contribution in [0.5, 0.6) is 0 Å². The molecule has 17 heavy (non-hydrogen) atoms. The number of anilines is 1. The second-order valence-electron chi connectivity index (χ2n) is 4.76. The van der Waals surface area contributed by atoms with E-state index in [1.807, 2.05) is 13.0 Å². The zero-order chi connectivity index (χ0) is 12.5. The van der Waals surface area contributed by atoms with Gasteiger partial charge in [0.15, 0.2) is 0 Å². The van der Waals surface area contributed by atoms with Gasteiger partial charge in [0, 0.05) is 30.9 Å². The molecule has 0 radical (unpaired) electrons. The number of rotatable bonds is 2. The zero-order valence-corrected chi connectivity index (χ0v) is 9.80. The van der Waals surface area contributed by atoms with E-state index in [-0.39, 0.29) is 10.6 Å². The van der Waals surface area contributed by atoms with Crippen LogP contribution in [0.15, 0.2) is 24.3 Å². The Morgan fingerprint density at radius 3 is 2.65 bits per heavy atom. The van der Waals surface area contributed by atoms with Crippen LogP contribution in [0.2, 0.25) is 0 Å². The third-order valence-corrected chi connectivity index (χ3v) is 3.25. The SMILES string of the molecule is CC1(O)CCN(c2cccc([N+](=O)[O-])c2)CC1. The van der Waals surface area contributed by atoms with Gasteiger partial charge in [0.1, 0.15) is 0 Å². The summed E-state index contributed by atoms with van der Waals surface area (Å²) in [6, 6.07) is 6.64. The molecule has 0 saturated carbocycles. The number of nitro groups is 1. The molecule has 1 N–H and O–H groups in total. The van der Waals surface area contributed by atoms with Crippen molar-refractivity contribution in [2.24, 2.45) is 0 Å². The highest BCUT2D eigenvalue weighted by Gasteiger charge is 2.27. The number of non-ortho nitro benzene ring substituents is 1. The predicted molar refractivity (Wildman–Crippen MR) is 65.2 cm³/mol. The van der Waals surface area contributed by atoms with Gasteiger partial charge < -0.3 is 10.0 Å². The van der Waals surface area contributed by atoms with E-state index in [0.29, 0.717) is 12.8 Å². The van der Waals surface area contributed by atoms with Gasteiger partial charge in [0.2, 0.25) is 0 Å². The minimum absolute atomic E-state index is 0.111. The molecule has 0 aliphatic carbocycles. The van der Waals surface area contributed by atoms with Crippen molar-refractivity contribution in [3.63, 3.8) is 0 Å². The number of nitrogens with zero attached hydrogens (tertiary/aromatic N) is 2. The highest BCUT2D eigenvalue weighted by Crippen LogP contribution is 2.27. The summed E-state index contributed by atoms with van der Waals surface area (Å²) in [4.78, 5) is 12.4. The molecule has 1 fully saturated rings. The van der Waals surface area contributed by atoms with Gasteiger partial charge in [-0.2, -0.15) is 0 Å². The van der Waals surface area contributed by atoms with Crippen molar-refractivity contribution in [2.45, 2.75) is 25.4 Å². The first-order valence-corrected chi connectivity index (χ1v) is 5.70. The maximum absolute atomic E-state index is 10.7. The van der Waals surface area contributed by atoms with Crippen LogP contribution in [0.1, 0.15) is 19.8 Å². The second-order valence-corrected chi connectivity index (χ2v) is 4.76. The van der Waals surface area contributed by atoms with Crippen LogP contribution in [-0.4, -0.2) is 28.7 Å². The molecule has 0 atom stereocenters. The maximum atomic E-state index is 10.7. The summed E-state index contributed by atoms with van der Waals surface area (Å²) in [6.07, 6.45) is 1.38. The molecule has 1 aliphatic rings. The summed E-state index contributed by atoms with van der Waals surface area (Å²) in [6.45, 7) is 3.29. The number of hydrogen-bond acceptors (Lipinski definition) is 4. The topological polar surface area (TPSA) is 66.6 Å². The monoisotopic (exact) mass is 236 g/mol. The van der Waals surface area contributed by atoms with E-state index in [1.54, 1.807) is 12.1 Å². The fourth-order valence-electron chi connectivity index (χ4n) is 2.05. The van der Waals surface area contributed by atoms with Crippen molar-refractivity contribution < 1.29 is 10.0 Å². The Labute approximate surface area is 99.8 Å². The summed E-state index contributed by atoms with van der Waals surface area (Å²) in [5.41, 5.74) is 0.367. The lowest BCUT2D eigenvalue weighted by atomic mass is 9.93. The van der Waals surface area contributed by atoms with Gasteiger partial charge in [0.25, 0.3) is 5.69 Å². The van der Waals surface area contributed by atoms with Crippen molar-refractivity contribution >= 4 is 11.4 Å². The molecular weight excluding hydrogens is 220 g/mol. The van der Waals surface area contributed by atoms with Crippen LogP contribution in [-0.2, 0) is 0 Å². The lowest BCUT2D eigenvalue weighted by Crippen LogP contribution is -2.42. The maximum Gasteiger partial charge on any atom is 0.271 e. The minimum Gasteiger partial charge on any atom is -0.390 e. The molecule has 1 aromatic rings. The van der Waals surface area contributed by atoms with Crippen LogP contribution in [0.3, 0.4) is 0 Å². The van der Waals surface area contributed by atoms with E-state index in [0.717, 1.165) is 18.8 Å². The fraction of sp³-hybridized carbons (Fsp3) is 0.500. The van der Waals surface area contributed by atoms with Crippen LogP contribution in [0, 0.1) is 10.1 Å². The van der Waals surface area contributed by atoms with E-state index in [9.17, 15) is 15.2 Å². The summed E-state index contributed by atoms with van der Waals surface area (Å²) >= 11 is 0. The molecule has 92 valence electrons. The molecule has 1 aliphatic heterocycles. The van der Waals surface area contributed by atoms with Crippen LogP contribution in [0.25, 0.3) is 0 Å². The second kappa shape index (κ2) is 4.33. The fourth-order valence-corrected chi connectivity index (χ4v) is 2.05. The summed E-state index contributed by atoms with van der Waals surface area (Å²) < 4.78 is 0. The average Bonchev–Trinajstić information content (AvgIpc) is 2.29. The Balaban J connectivity index is 2.13. The lowest BCUT2D eigenvalue weighted by molar-refractivity contribution is -0.384. The van der Waals surface area contributed by atoms with Gasteiger partial charge in [0.05, 0.1) is 10.5 Å². The summed E-state index contributed by atoms with van der Waals surface area (Å²) in [7, 11) is 0. The first-order valence-electron chi connectivity index (χ1n) is 5.70. The normalized spacial score (nSPS) is 19.1. The smallest absolute Gasteiger partial charge is 0.271 e. The number of aliphatic hydroxyl groups is 1. The Hall–Kier alpha value is -1.62. The van der Waals surface area contributed by atoms with Gasteiger partial charge in [-0.25, -0.2) is 0 Å². The number of nitro benzene ring substituents is 1. The molecule has 2 rings (SSSR count). The Morgan fingerprint density at radius 2 is 2.06 bits per heavy atom. The molecule has 5 nitrogen and oxygen atoms in total. The molecule has 0 spiro atoms. The lowest BCUT2D eigenvalue weighted by Gasteiger charge is -2.37. The Bertz CT molecular complexity index is 422. The quantitative estimate of drug-likeness (QED) is 0.629. The van der Waals surface area contributed by atoms with Crippen molar-refractivity contribution in [2.75, 3.05) is 18.0 Å². The number of hydrogen-bond donors (Lipinski definition) is 1. The molecule has 1 aromatic carbocycles. The van der Waals surface area contributed by atoms with E-state index in [2.05, 4.69) is 4.90 Å². The van der Waals surface area contributed by atoms with Gasteiger partial charge >= 0.3 is 0 Å². The summed E-state index contributed by atoms with van der Waals surface area (Å²) in [5.74, 6) is 0. The minimum atomic E-state index is -0.600. The zero-order valence-electron chi connectivity index (χ0n) is 9.80. The van der Waals surface area contributed by atoms with E-state index in [1.165, 1.54) is 6.07 Å². The van der Waals surface area contributed by atoms with E-state index in [4.69, 9.17) is 0 Å². The average molecular weight is 236 g/mol. The molecule has 5 heteroatoms. The van der Waals surface area contributed by atoms with Crippen molar-refractivity contribution in [3.05, 3.63) is 34.4 Å². The molecule has 1 saturated heterocycles. The standard InChI is InChI=1S/C12H16N2O3/c1-12(15)5-7-13(8-6-12)10-3-2-4-11(9-10)14(16)17/h2-4,9,15H,5-8H2,1H3. The number of benzene rings is 1. The molecule has 0 amide bonds. The molecule has 0 aromatic heterocycles. The highest BCUT2D eigenvalue weighted by molar-refractivity contribution is 5.53. The van der Waals surface area contributed by atoms with Crippen molar-refractivity contribution in [1.29, 1.82) is 0 Å². The first-order chi connectivity index (χ1) is 7.98. The van der Waals surface area contributed by atoms with Gasteiger partial charge in [-0.3, -0.25) is 10.1 Å². The highest BCUT2D eigenvalue weighted by atomic mass is 16.6. The molecular formula is C12H16N2O3. The van der Waals surface area contributed by atoms with E-state index < -0.39 is 5.60 Å². The molecule has 1 heterocycles. The van der Waals surface area contributed by atoms with Crippen molar-refractivity contribution in [3.8, 4) is 0 Å². The predicted octanol–water partition coefficient (Wildman–Crippen LogP) is 1.95. The third-order valence-electron chi connectivity index (χ3n) is 3.25. The van der Waals surface area contributed by atoms with Crippen LogP contribution in [0.4, 0.5) is 11.4 Å². The Kier molecular flexibility index (Phi) is 3.02. The largest absolute Gasteiger partial charge is 0.390 e. The Morgan fingerprint density at radius 1 is 1.41 bits per heavy atom. The van der Waals surface area contributed by atoms with Gasteiger partial charge in [-0.1, -0.05) is 6.07 Å². The summed E-state index contributed by atoms with van der Waals surface area (Å²) in [5, 5.41) is 20.5. The molecule has 0 unspecified atom stereocenters. The number of piperidine rings is 1. The third kappa shape index (κ3) is 2.74. The van der Waals surface area contributed by atoms with Gasteiger partial charge in [-0.05, 0) is 25.8 Å². The van der Waals surface area contributed by atoms with Gasteiger partial charge in [-0.15, -0.1) is 0 Å². The molecule has 0 bridgehead atoms.